The molecule has 10 atom stereocenters. The Labute approximate surface area is 336 Å². The van der Waals surface area contributed by atoms with Crippen LogP contribution in [0, 0.1) is 0 Å². The number of nitrogens with zero attached hydrogens (tertiary/aromatic N) is 8. The zero-order valence-electron chi connectivity index (χ0n) is 29.9. The molecule has 25 heteroatoms. The molecule has 3 aliphatic heterocycles. The Balaban J connectivity index is 0.921. The van der Waals surface area contributed by atoms with Crippen molar-refractivity contribution in [1.29, 1.82) is 0 Å². The lowest BCUT2D eigenvalue weighted by Crippen LogP contribution is -2.36. The minimum absolute atomic E-state index is 0.0406. The quantitative estimate of drug-likeness (QED) is 0.149. The number of ether oxygens (including phenoxy) is 2. The number of benzene rings is 2. The van der Waals surface area contributed by atoms with Crippen molar-refractivity contribution in [2.75, 3.05) is 23.8 Å². The molecule has 306 valence electrons. The molecule has 3 saturated heterocycles. The van der Waals surface area contributed by atoms with Crippen molar-refractivity contribution < 1.29 is 55.1 Å². The molecule has 20 nitrogen and oxygen atoms in total. The summed E-state index contributed by atoms with van der Waals surface area (Å²) in [5.41, 5.74) is 1.06. The van der Waals surface area contributed by atoms with Crippen molar-refractivity contribution in [3.8, 4) is 0 Å². The van der Waals surface area contributed by atoms with E-state index in [0.29, 0.717) is 11.1 Å². The van der Waals surface area contributed by atoms with E-state index in [2.05, 4.69) is 52.8 Å². The number of hydrogen-bond acceptors (Lipinski definition) is 16. The number of hydrogen-bond donors (Lipinski definition) is 3. The number of nitrogens with one attached hydrogen (secondary N) is 2. The number of rotatable bonds is 6. The van der Waals surface area contributed by atoms with E-state index in [1.807, 2.05) is 0 Å². The Morgan fingerprint density at radius 3 is 1.75 bits per heavy atom. The average molecular weight is 871 g/mol. The van der Waals surface area contributed by atoms with Gasteiger partial charge in [0.05, 0.1) is 25.9 Å². The highest BCUT2D eigenvalue weighted by molar-refractivity contribution is 8.44. The number of amides is 2. The van der Waals surface area contributed by atoms with Crippen LogP contribution in [-0.4, -0.2) is 101 Å². The molecule has 0 aliphatic carbocycles. The summed E-state index contributed by atoms with van der Waals surface area (Å²) in [6.45, 7) is -5.80. The highest BCUT2D eigenvalue weighted by Crippen LogP contribution is 2.57. The van der Waals surface area contributed by atoms with E-state index in [4.69, 9.17) is 27.6 Å². The normalized spacial score (nSPS) is 29.9. The minimum Gasteiger partial charge on any atom is -0.346 e. The van der Waals surface area contributed by atoms with E-state index < -0.39 is 89.3 Å². The highest BCUT2D eigenvalue weighted by atomic mass is 32.7. The maximum Gasteiger partial charge on any atom is 0.386 e. The lowest BCUT2D eigenvalue weighted by Gasteiger charge is -2.26. The van der Waals surface area contributed by atoms with Gasteiger partial charge in [0.1, 0.15) is 37.1 Å². The summed E-state index contributed by atoms with van der Waals surface area (Å²) >= 11 is 4.06. The van der Waals surface area contributed by atoms with Gasteiger partial charge in [0.15, 0.2) is 58.8 Å². The lowest BCUT2D eigenvalue weighted by molar-refractivity contribution is -0.0539. The standard InChI is InChI=1S/C34H30F2N10O10P2S/c35-21-25-20(54-33(21)45-15-41-23-27(37-13-39-29(23)45)43-31(47)17-7-3-1-4-8-17)12-52-58(50,59)56-26-19(11-51-57(49)55-25)53-34(22(26)36)46-16-42-24-28(38-14-40-30(24)46)44-32(48)18-9-5-2-6-10-18/h1-10,13-16,19-22,25-26,33-34,57H,11-12H2,(H,50,59)(H,37,39,43,47)(H,38,40,44,48)/t19-,20-,21-,22-,25-,26-,33-,34-,58-/m1/s1. The van der Waals surface area contributed by atoms with Crippen LogP contribution >= 0.6 is 27.3 Å². The van der Waals surface area contributed by atoms with Gasteiger partial charge in [0, 0.05) is 11.1 Å². The smallest absolute Gasteiger partial charge is 0.346 e. The summed E-state index contributed by atoms with van der Waals surface area (Å²) < 4.78 is 96.1. The predicted octanol–water partition coefficient (Wildman–Crippen LogP) is 4.89. The molecule has 6 aromatic rings. The van der Waals surface area contributed by atoms with E-state index in [1.54, 1.807) is 60.7 Å². The van der Waals surface area contributed by atoms with Crippen LogP contribution in [0.3, 0.4) is 0 Å². The molecule has 2 aromatic carbocycles. The second-order valence-electron chi connectivity index (χ2n) is 13.2. The van der Waals surface area contributed by atoms with Crippen LogP contribution in [0.2, 0.25) is 0 Å². The molecule has 4 aromatic heterocycles. The number of halogens is 2. The van der Waals surface area contributed by atoms with Gasteiger partial charge in [0.2, 0.25) is 0 Å². The molecule has 3 fully saturated rings. The zero-order chi connectivity index (χ0) is 40.8. The van der Waals surface area contributed by atoms with Gasteiger partial charge in [0.25, 0.3) is 11.8 Å². The van der Waals surface area contributed by atoms with Crippen molar-refractivity contribution in [1.82, 2.24) is 39.0 Å². The number of carbonyl (C=O) groups excluding carboxylic acids is 2. The van der Waals surface area contributed by atoms with Crippen LogP contribution < -0.4 is 10.6 Å². The molecule has 0 spiro atoms. The van der Waals surface area contributed by atoms with Gasteiger partial charge in [-0.25, -0.2) is 43.2 Å². The average Bonchev–Trinajstić information content (AvgIpc) is 4.01. The van der Waals surface area contributed by atoms with Crippen LogP contribution in [0.5, 0.6) is 0 Å². The molecule has 7 heterocycles. The monoisotopic (exact) mass is 870 g/mol. The number of anilines is 2. The predicted molar refractivity (Wildman–Crippen MR) is 204 cm³/mol. The summed E-state index contributed by atoms with van der Waals surface area (Å²) in [7, 11) is -3.56. The van der Waals surface area contributed by atoms with Crippen molar-refractivity contribution >= 4 is 73.1 Å². The molecule has 0 bridgehead atoms. The fourth-order valence-corrected chi connectivity index (χ4v) is 9.17. The van der Waals surface area contributed by atoms with Crippen LogP contribution in [-0.2, 0) is 36.7 Å². The first-order chi connectivity index (χ1) is 28.5. The maximum atomic E-state index is 16.4. The Kier molecular flexibility index (Phi) is 10.8. The third-order valence-corrected chi connectivity index (χ3v) is 12.1. The Morgan fingerprint density at radius 1 is 0.729 bits per heavy atom. The molecule has 0 saturated carbocycles. The molecular weight excluding hydrogens is 840 g/mol. The van der Waals surface area contributed by atoms with Crippen LogP contribution in [0.1, 0.15) is 33.2 Å². The first-order valence-corrected chi connectivity index (χ1v) is 21.6. The molecule has 0 radical (unpaired) electrons. The molecule has 2 amide bonds. The Bertz CT molecular complexity index is 2620. The largest absolute Gasteiger partial charge is 0.386 e. The molecule has 3 aliphatic rings. The van der Waals surface area contributed by atoms with Gasteiger partial charge >= 0.3 is 15.1 Å². The fourth-order valence-electron chi connectivity index (χ4n) is 6.82. The third-order valence-electron chi connectivity index (χ3n) is 9.59. The SMILES string of the molecule is O=C(Nc1ncnc2c1ncn2[C@@H]1O[C@@H]2CO[P@@](=O)(S)O[C@H]3[C@@H](F)[C@H](n4cnc5c(NC(=O)c6ccccc6)ncnc54)O[C@@H]3CO[PH](=O)O[C@H]2[C@H]1F)c1ccccc1. The number of fused-ring (bicyclic) bond motifs is 4. The van der Waals surface area contributed by atoms with Crippen LogP contribution in [0.4, 0.5) is 20.4 Å². The number of carbonyl (C=O) groups is 2. The first-order valence-electron chi connectivity index (χ1n) is 17.7. The summed E-state index contributed by atoms with van der Waals surface area (Å²) in [5.74, 6) is -0.860. The number of alkyl halides is 2. The third kappa shape index (κ3) is 7.76. The van der Waals surface area contributed by atoms with Crippen molar-refractivity contribution in [2.45, 2.75) is 49.2 Å². The van der Waals surface area contributed by atoms with Crippen molar-refractivity contribution in [3.05, 3.63) is 97.1 Å². The van der Waals surface area contributed by atoms with E-state index in [0.717, 1.165) is 12.7 Å². The second kappa shape index (κ2) is 16.2. The van der Waals surface area contributed by atoms with Gasteiger partial charge in [-0.1, -0.05) is 48.6 Å². The Hall–Kier alpha value is -5.09. The van der Waals surface area contributed by atoms with E-state index in [1.165, 1.54) is 21.8 Å². The van der Waals surface area contributed by atoms with Gasteiger partial charge in [-0.05, 0) is 24.3 Å². The van der Waals surface area contributed by atoms with E-state index in [9.17, 15) is 18.7 Å². The first kappa shape index (κ1) is 39.4. The minimum atomic E-state index is -4.49. The summed E-state index contributed by atoms with van der Waals surface area (Å²) in [6.07, 6.45) is -8.55. The van der Waals surface area contributed by atoms with Gasteiger partial charge in [-0.2, -0.15) is 0 Å². The van der Waals surface area contributed by atoms with Gasteiger partial charge in [-0.15, -0.1) is 0 Å². The second-order valence-corrected chi connectivity index (χ2v) is 17.1. The Morgan fingerprint density at radius 2 is 1.22 bits per heavy atom. The van der Waals surface area contributed by atoms with E-state index >= 15 is 8.78 Å². The summed E-state index contributed by atoms with van der Waals surface area (Å²) in [6, 6.07) is 16.7. The molecule has 1 unspecified atom stereocenters. The lowest BCUT2D eigenvalue weighted by atomic mass is 10.1. The van der Waals surface area contributed by atoms with Gasteiger partial charge in [-0.3, -0.25) is 32.3 Å². The number of thiol groups is 1. The highest BCUT2D eigenvalue weighted by Gasteiger charge is 2.53. The molecule has 2 N–H and O–H groups in total. The van der Waals surface area contributed by atoms with Crippen LogP contribution in [0.25, 0.3) is 22.3 Å². The zero-order valence-corrected chi connectivity index (χ0v) is 32.7. The number of imidazole rings is 2. The molecule has 59 heavy (non-hydrogen) atoms. The summed E-state index contributed by atoms with van der Waals surface area (Å²) in [5, 5.41) is 5.32. The maximum absolute atomic E-state index is 16.4. The number of aromatic nitrogens is 8. The van der Waals surface area contributed by atoms with E-state index in [-0.39, 0.29) is 34.0 Å². The van der Waals surface area contributed by atoms with Gasteiger partial charge < -0.3 is 29.2 Å². The van der Waals surface area contributed by atoms with Crippen molar-refractivity contribution in [3.63, 3.8) is 0 Å². The topological polar surface area (TPSA) is 235 Å². The molecule has 9 rings (SSSR count). The fraction of sp³-hybridized carbons (Fsp3) is 0.294. The summed E-state index contributed by atoms with van der Waals surface area (Å²) in [4.78, 5) is 50.8. The van der Waals surface area contributed by atoms with Crippen molar-refractivity contribution in [2.24, 2.45) is 0 Å². The molecular formula is C34H30F2N10O10P2S. The van der Waals surface area contributed by atoms with Crippen LogP contribution in [0.15, 0.2) is 86.0 Å².